The Labute approximate surface area is 156 Å². The zero-order valence-corrected chi connectivity index (χ0v) is 15.9. The highest BCUT2D eigenvalue weighted by Crippen LogP contribution is 2.21. The summed E-state index contributed by atoms with van der Waals surface area (Å²) >= 11 is 0. The van der Waals surface area contributed by atoms with E-state index in [1.165, 1.54) is 11.3 Å². The lowest BCUT2D eigenvalue weighted by Crippen LogP contribution is -2.21. The molecule has 0 radical (unpaired) electrons. The number of aryl methyl sites for hydroxylation is 1. The van der Waals surface area contributed by atoms with E-state index in [-0.39, 0.29) is 0 Å². The van der Waals surface area contributed by atoms with Crippen molar-refractivity contribution in [2.24, 2.45) is 0 Å². The van der Waals surface area contributed by atoms with Crippen LogP contribution in [-0.4, -0.2) is 37.7 Å². The molecule has 2 aromatic carbocycles. The molecule has 0 unspecified atom stereocenters. The third-order valence-corrected chi connectivity index (χ3v) is 4.51. The summed E-state index contributed by atoms with van der Waals surface area (Å²) in [6.07, 6.45) is 1.95. The molecule has 0 N–H and O–H groups in total. The summed E-state index contributed by atoms with van der Waals surface area (Å²) in [5, 5.41) is 4.19. The van der Waals surface area contributed by atoms with Crippen LogP contribution in [0.3, 0.4) is 0 Å². The molecule has 1 aromatic heterocycles. The average Bonchev–Trinajstić information content (AvgIpc) is 3.11. The Morgan fingerprint density at radius 1 is 0.923 bits per heavy atom. The van der Waals surface area contributed by atoms with Gasteiger partial charge in [-0.25, -0.2) is 0 Å². The minimum atomic E-state index is 0.902. The van der Waals surface area contributed by atoms with Gasteiger partial charge in [0.1, 0.15) is 11.5 Å². The van der Waals surface area contributed by atoms with Gasteiger partial charge in [-0.15, -0.1) is 0 Å². The molecule has 0 amide bonds. The van der Waals surface area contributed by atoms with Crippen LogP contribution in [0.15, 0.2) is 65.2 Å². The second kappa shape index (κ2) is 8.68. The van der Waals surface area contributed by atoms with Gasteiger partial charge in [-0.3, -0.25) is 0 Å². The van der Waals surface area contributed by atoms with E-state index in [0.717, 1.165) is 42.9 Å². The van der Waals surface area contributed by atoms with Crippen LogP contribution in [0.1, 0.15) is 17.7 Å². The maximum absolute atomic E-state index is 5.49. The number of hydrogen-bond donors (Lipinski definition) is 0. The van der Waals surface area contributed by atoms with Crippen LogP contribution in [0.5, 0.6) is 0 Å². The first-order chi connectivity index (χ1) is 12.6. The number of aromatic nitrogens is 1. The standard InChI is InChI=1S/C22H27N3O/c1-24(2)22-14-8-7-12-19(22)17-25(3)15-9-13-20-16-21(23-26-20)18-10-5-4-6-11-18/h4-8,10-12,14,16H,9,13,15,17H2,1-3H3. The van der Waals surface area contributed by atoms with Crippen molar-refractivity contribution in [3.05, 3.63) is 72.0 Å². The summed E-state index contributed by atoms with van der Waals surface area (Å²) in [6.45, 7) is 1.96. The zero-order valence-electron chi connectivity index (χ0n) is 15.9. The lowest BCUT2D eigenvalue weighted by molar-refractivity contribution is 0.312. The number of hydrogen-bond acceptors (Lipinski definition) is 4. The molecule has 4 nitrogen and oxygen atoms in total. The van der Waals surface area contributed by atoms with E-state index in [1.54, 1.807) is 0 Å². The minimum Gasteiger partial charge on any atom is -0.377 e. The van der Waals surface area contributed by atoms with Crippen molar-refractivity contribution in [1.82, 2.24) is 10.1 Å². The molecule has 0 aliphatic heterocycles. The second-order valence-corrected chi connectivity index (χ2v) is 6.91. The topological polar surface area (TPSA) is 32.5 Å². The van der Waals surface area contributed by atoms with Crippen molar-refractivity contribution in [3.63, 3.8) is 0 Å². The van der Waals surface area contributed by atoms with E-state index in [0.29, 0.717) is 0 Å². The van der Waals surface area contributed by atoms with Gasteiger partial charge in [-0.05, 0) is 31.6 Å². The number of benzene rings is 2. The van der Waals surface area contributed by atoms with Crippen LogP contribution in [0.2, 0.25) is 0 Å². The fraction of sp³-hybridized carbons (Fsp3) is 0.318. The van der Waals surface area contributed by atoms with Crippen molar-refractivity contribution < 1.29 is 4.52 Å². The zero-order chi connectivity index (χ0) is 18.4. The Hall–Kier alpha value is -2.59. The molecule has 0 saturated carbocycles. The number of anilines is 1. The van der Waals surface area contributed by atoms with Gasteiger partial charge in [-0.2, -0.15) is 0 Å². The van der Waals surface area contributed by atoms with Gasteiger partial charge in [0.05, 0.1) is 0 Å². The predicted molar refractivity (Wildman–Crippen MR) is 107 cm³/mol. The summed E-state index contributed by atoms with van der Waals surface area (Å²) in [6, 6.07) is 20.8. The Morgan fingerprint density at radius 2 is 1.65 bits per heavy atom. The summed E-state index contributed by atoms with van der Waals surface area (Å²) in [7, 11) is 6.35. The first kappa shape index (κ1) is 18.2. The molecule has 3 rings (SSSR count). The number of nitrogens with zero attached hydrogens (tertiary/aromatic N) is 3. The molecule has 4 heteroatoms. The van der Waals surface area contributed by atoms with Gasteiger partial charge in [0.25, 0.3) is 0 Å². The summed E-state index contributed by atoms with van der Waals surface area (Å²) in [5.74, 6) is 0.950. The quantitative estimate of drug-likeness (QED) is 0.600. The van der Waals surface area contributed by atoms with Gasteiger partial charge >= 0.3 is 0 Å². The molecule has 3 aromatic rings. The monoisotopic (exact) mass is 349 g/mol. The van der Waals surface area contributed by atoms with Crippen molar-refractivity contribution in [2.75, 3.05) is 32.6 Å². The summed E-state index contributed by atoms with van der Waals surface area (Å²) in [5.41, 5.74) is 4.64. The Bertz CT molecular complexity index is 811. The maximum atomic E-state index is 5.49. The van der Waals surface area contributed by atoms with Crippen LogP contribution in [0.25, 0.3) is 11.3 Å². The molecule has 26 heavy (non-hydrogen) atoms. The number of para-hydroxylation sites is 1. The lowest BCUT2D eigenvalue weighted by atomic mass is 10.1. The van der Waals surface area contributed by atoms with E-state index < -0.39 is 0 Å². The molecule has 0 aliphatic carbocycles. The van der Waals surface area contributed by atoms with E-state index in [1.807, 2.05) is 18.2 Å². The number of rotatable bonds is 8. The van der Waals surface area contributed by atoms with Crippen molar-refractivity contribution in [2.45, 2.75) is 19.4 Å². The first-order valence-corrected chi connectivity index (χ1v) is 9.08. The maximum Gasteiger partial charge on any atom is 0.137 e. The largest absolute Gasteiger partial charge is 0.377 e. The van der Waals surface area contributed by atoms with E-state index in [9.17, 15) is 0 Å². The molecule has 0 fully saturated rings. The molecule has 1 heterocycles. The molecule has 136 valence electrons. The fourth-order valence-corrected chi connectivity index (χ4v) is 3.15. The van der Waals surface area contributed by atoms with Gasteiger partial charge in [-0.1, -0.05) is 53.7 Å². The van der Waals surface area contributed by atoms with E-state index in [2.05, 4.69) is 78.6 Å². The van der Waals surface area contributed by atoms with E-state index >= 15 is 0 Å². The highest BCUT2D eigenvalue weighted by Gasteiger charge is 2.09. The third-order valence-electron chi connectivity index (χ3n) is 4.51. The molecule has 0 atom stereocenters. The van der Waals surface area contributed by atoms with Crippen LogP contribution in [0.4, 0.5) is 5.69 Å². The third kappa shape index (κ3) is 4.73. The average molecular weight is 349 g/mol. The Morgan fingerprint density at radius 3 is 2.42 bits per heavy atom. The highest BCUT2D eigenvalue weighted by molar-refractivity contribution is 5.58. The van der Waals surface area contributed by atoms with Crippen LogP contribution >= 0.6 is 0 Å². The molecule has 0 saturated heterocycles. The van der Waals surface area contributed by atoms with Crippen LogP contribution < -0.4 is 4.90 Å². The normalized spacial score (nSPS) is 11.1. The van der Waals surface area contributed by atoms with Gasteiger partial charge in [0, 0.05) is 44.4 Å². The molecular formula is C22H27N3O. The lowest BCUT2D eigenvalue weighted by Gasteiger charge is -2.22. The van der Waals surface area contributed by atoms with Crippen LogP contribution in [0, 0.1) is 0 Å². The van der Waals surface area contributed by atoms with Crippen LogP contribution in [-0.2, 0) is 13.0 Å². The minimum absolute atomic E-state index is 0.902. The fourth-order valence-electron chi connectivity index (χ4n) is 3.15. The smallest absolute Gasteiger partial charge is 0.137 e. The summed E-state index contributed by atoms with van der Waals surface area (Å²) < 4.78 is 5.49. The molecule has 0 spiro atoms. The van der Waals surface area contributed by atoms with Gasteiger partial charge in [0.2, 0.25) is 0 Å². The van der Waals surface area contributed by atoms with E-state index in [4.69, 9.17) is 4.52 Å². The first-order valence-electron chi connectivity index (χ1n) is 9.08. The predicted octanol–water partition coefficient (Wildman–Crippen LogP) is 4.47. The SMILES string of the molecule is CN(CCCc1cc(-c2ccccc2)no1)Cc1ccccc1N(C)C. The highest BCUT2D eigenvalue weighted by atomic mass is 16.5. The molecule has 0 aliphatic rings. The van der Waals surface area contributed by atoms with Crippen molar-refractivity contribution >= 4 is 5.69 Å². The second-order valence-electron chi connectivity index (χ2n) is 6.91. The van der Waals surface area contributed by atoms with Gasteiger partial charge < -0.3 is 14.3 Å². The van der Waals surface area contributed by atoms with Gasteiger partial charge in [0.15, 0.2) is 0 Å². The molecule has 0 bridgehead atoms. The van der Waals surface area contributed by atoms with Crippen molar-refractivity contribution in [3.8, 4) is 11.3 Å². The molecular weight excluding hydrogens is 322 g/mol. The summed E-state index contributed by atoms with van der Waals surface area (Å²) in [4.78, 5) is 4.53. The van der Waals surface area contributed by atoms with Crippen molar-refractivity contribution in [1.29, 1.82) is 0 Å². The Balaban J connectivity index is 1.50. The Kier molecular flexibility index (Phi) is 6.08.